The van der Waals surface area contributed by atoms with Crippen molar-refractivity contribution < 1.29 is 9.47 Å². The largest absolute Gasteiger partial charge is 0.496 e. The first-order chi connectivity index (χ1) is 10.8. The molecule has 2 aliphatic heterocycles. The lowest BCUT2D eigenvalue weighted by atomic mass is 9.81. The fourth-order valence-electron chi connectivity index (χ4n) is 3.38. The molecule has 118 valence electrons. The average molecular weight is 317 g/mol. The summed E-state index contributed by atoms with van der Waals surface area (Å²) in [6.07, 6.45) is 9.45. The van der Waals surface area contributed by atoms with Gasteiger partial charge in [-0.15, -0.1) is 12.6 Å². The molecule has 0 spiro atoms. The minimum atomic E-state index is 0.449. The predicted molar refractivity (Wildman–Crippen MR) is 91.4 cm³/mol. The molecule has 3 atom stereocenters. The molecule has 3 nitrogen and oxygen atoms in total. The molecule has 0 saturated carbocycles. The third kappa shape index (κ3) is 3.33. The summed E-state index contributed by atoms with van der Waals surface area (Å²) in [6.45, 7) is 2.20. The van der Waals surface area contributed by atoms with Crippen molar-refractivity contribution in [3.8, 4) is 5.75 Å². The van der Waals surface area contributed by atoms with Crippen LogP contribution in [0.2, 0.25) is 0 Å². The molecule has 22 heavy (non-hydrogen) atoms. The second-order valence-electron chi connectivity index (χ2n) is 5.82. The maximum absolute atomic E-state index is 5.92. The normalized spacial score (nSPS) is 28.5. The number of benzene rings is 1. The van der Waals surface area contributed by atoms with Crippen LogP contribution in [0, 0.1) is 11.8 Å². The van der Waals surface area contributed by atoms with Crippen molar-refractivity contribution >= 4 is 12.6 Å². The third-order valence-corrected chi connectivity index (χ3v) is 4.89. The Balaban J connectivity index is 0.000000142. The first-order valence-corrected chi connectivity index (χ1v) is 8.30. The standard InChI is InChI=1S/C11H15NO.C7H8OS/c1-2-4-10-8(3-1)9-5-6-12-7-11(9)13-10;1-8-6-4-2-3-5-7(6)9/h1-2,4,8-9,11-12H,3,5-7H2;2-5,9H,1H3. The minimum absolute atomic E-state index is 0.449. The van der Waals surface area contributed by atoms with Gasteiger partial charge < -0.3 is 14.8 Å². The van der Waals surface area contributed by atoms with Crippen molar-refractivity contribution in [3.05, 3.63) is 48.3 Å². The van der Waals surface area contributed by atoms with Gasteiger partial charge in [0, 0.05) is 23.3 Å². The Kier molecular flexibility index (Phi) is 5.11. The zero-order valence-corrected chi connectivity index (χ0v) is 13.8. The van der Waals surface area contributed by atoms with E-state index in [1.807, 2.05) is 24.3 Å². The summed E-state index contributed by atoms with van der Waals surface area (Å²) in [4.78, 5) is 0.875. The number of rotatable bonds is 1. The SMILES string of the molecule is C1=CCC2C(=C1)OC1CNCCC12.COc1ccccc1S. The average Bonchev–Trinajstić information content (AvgIpc) is 2.95. The van der Waals surface area contributed by atoms with Crippen molar-refractivity contribution in [1.29, 1.82) is 0 Å². The fourth-order valence-corrected chi connectivity index (χ4v) is 3.64. The molecule has 0 amide bonds. The van der Waals surface area contributed by atoms with Gasteiger partial charge in [-0.05, 0) is 37.6 Å². The molecule has 3 aliphatic rings. The van der Waals surface area contributed by atoms with E-state index in [-0.39, 0.29) is 0 Å². The van der Waals surface area contributed by atoms with E-state index >= 15 is 0 Å². The Labute approximate surface area is 137 Å². The van der Waals surface area contributed by atoms with Gasteiger partial charge in [-0.2, -0.15) is 0 Å². The molecule has 4 rings (SSSR count). The monoisotopic (exact) mass is 317 g/mol. The van der Waals surface area contributed by atoms with Crippen LogP contribution >= 0.6 is 12.6 Å². The van der Waals surface area contributed by atoms with Gasteiger partial charge in [0.2, 0.25) is 0 Å². The van der Waals surface area contributed by atoms with Crippen LogP contribution in [0.25, 0.3) is 0 Å². The van der Waals surface area contributed by atoms with E-state index in [1.54, 1.807) is 7.11 Å². The number of piperidine rings is 1. The summed E-state index contributed by atoms with van der Waals surface area (Å²) in [6, 6.07) is 7.60. The molecule has 1 aliphatic carbocycles. The van der Waals surface area contributed by atoms with Gasteiger partial charge in [0.05, 0.1) is 7.11 Å². The summed E-state index contributed by atoms with van der Waals surface area (Å²) >= 11 is 4.15. The maximum atomic E-state index is 5.92. The van der Waals surface area contributed by atoms with Crippen LogP contribution in [0.5, 0.6) is 5.75 Å². The van der Waals surface area contributed by atoms with E-state index < -0.39 is 0 Å². The topological polar surface area (TPSA) is 30.5 Å². The summed E-state index contributed by atoms with van der Waals surface area (Å²) in [5.41, 5.74) is 0. The van der Waals surface area contributed by atoms with Crippen LogP contribution in [0.15, 0.2) is 53.1 Å². The first kappa shape index (κ1) is 15.5. The molecule has 2 fully saturated rings. The zero-order valence-electron chi connectivity index (χ0n) is 12.9. The fraction of sp³-hybridized carbons (Fsp3) is 0.444. The number of nitrogens with one attached hydrogen (secondary N) is 1. The number of allylic oxidation sites excluding steroid dienone is 4. The molecule has 1 aromatic rings. The molecule has 1 aromatic carbocycles. The maximum Gasteiger partial charge on any atom is 0.132 e. The zero-order chi connectivity index (χ0) is 15.4. The van der Waals surface area contributed by atoms with Crippen LogP contribution in [0.4, 0.5) is 0 Å². The lowest BCUT2D eigenvalue weighted by molar-refractivity contribution is 0.108. The predicted octanol–water partition coefficient (Wildman–Crippen LogP) is 3.44. The van der Waals surface area contributed by atoms with Gasteiger partial charge in [-0.25, -0.2) is 0 Å². The molecule has 0 bridgehead atoms. The van der Waals surface area contributed by atoms with E-state index in [9.17, 15) is 0 Å². The van der Waals surface area contributed by atoms with Crippen molar-refractivity contribution in [1.82, 2.24) is 5.32 Å². The summed E-state index contributed by atoms with van der Waals surface area (Å²) in [5.74, 6) is 3.52. The van der Waals surface area contributed by atoms with E-state index in [2.05, 4.69) is 36.2 Å². The molecular formula is C18H23NO2S. The van der Waals surface area contributed by atoms with Gasteiger partial charge in [-0.1, -0.05) is 24.3 Å². The van der Waals surface area contributed by atoms with E-state index in [1.165, 1.54) is 18.6 Å². The highest BCUT2D eigenvalue weighted by Gasteiger charge is 2.42. The number of thiol groups is 1. The highest BCUT2D eigenvalue weighted by atomic mass is 32.1. The molecule has 3 unspecified atom stereocenters. The van der Waals surface area contributed by atoms with Crippen LogP contribution < -0.4 is 10.1 Å². The van der Waals surface area contributed by atoms with E-state index in [0.29, 0.717) is 12.0 Å². The van der Waals surface area contributed by atoms with Crippen LogP contribution in [-0.4, -0.2) is 26.3 Å². The smallest absolute Gasteiger partial charge is 0.132 e. The molecule has 0 aromatic heterocycles. The number of methoxy groups -OCH3 is 1. The van der Waals surface area contributed by atoms with E-state index in [0.717, 1.165) is 29.7 Å². The Morgan fingerprint density at radius 3 is 2.95 bits per heavy atom. The lowest BCUT2D eigenvalue weighted by Gasteiger charge is -2.26. The minimum Gasteiger partial charge on any atom is -0.496 e. The second-order valence-corrected chi connectivity index (χ2v) is 6.31. The summed E-state index contributed by atoms with van der Waals surface area (Å²) in [5, 5.41) is 3.39. The van der Waals surface area contributed by atoms with Gasteiger partial charge >= 0.3 is 0 Å². The summed E-state index contributed by atoms with van der Waals surface area (Å²) < 4.78 is 10.9. The first-order valence-electron chi connectivity index (χ1n) is 7.85. The van der Waals surface area contributed by atoms with Gasteiger partial charge in [0.25, 0.3) is 0 Å². The Bertz CT molecular complexity index is 570. The van der Waals surface area contributed by atoms with Crippen LogP contribution in [0.1, 0.15) is 12.8 Å². The van der Waals surface area contributed by atoms with Gasteiger partial charge in [-0.3, -0.25) is 0 Å². The Morgan fingerprint density at radius 1 is 1.32 bits per heavy atom. The van der Waals surface area contributed by atoms with Gasteiger partial charge in [0.15, 0.2) is 0 Å². The highest BCUT2D eigenvalue weighted by Crippen LogP contribution is 2.42. The molecule has 2 saturated heterocycles. The third-order valence-electron chi connectivity index (χ3n) is 4.52. The van der Waals surface area contributed by atoms with Crippen molar-refractivity contribution in [2.75, 3.05) is 20.2 Å². The number of hydrogen-bond acceptors (Lipinski definition) is 4. The van der Waals surface area contributed by atoms with E-state index in [4.69, 9.17) is 9.47 Å². The van der Waals surface area contributed by atoms with Crippen molar-refractivity contribution in [2.45, 2.75) is 23.8 Å². The molecule has 1 N–H and O–H groups in total. The lowest BCUT2D eigenvalue weighted by Crippen LogP contribution is -2.39. The second kappa shape index (κ2) is 7.25. The quantitative estimate of drug-likeness (QED) is 0.778. The van der Waals surface area contributed by atoms with Crippen molar-refractivity contribution in [3.63, 3.8) is 0 Å². The molecular weight excluding hydrogens is 294 g/mol. The van der Waals surface area contributed by atoms with Gasteiger partial charge in [0.1, 0.15) is 17.6 Å². The molecule has 4 heteroatoms. The number of ether oxygens (including phenoxy) is 2. The van der Waals surface area contributed by atoms with Crippen molar-refractivity contribution in [2.24, 2.45) is 11.8 Å². The summed E-state index contributed by atoms with van der Waals surface area (Å²) in [7, 11) is 1.63. The Morgan fingerprint density at radius 2 is 2.18 bits per heavy atom. The number of hydrogen-bond donors (Lipinski definition) is 2. The van der Waals surface area contributed by atoms with Crippen LogP contribution in [-0.2, 0) is 4.74 Å². The highest BCUT2D eigenvalue weighted by molar-refractivity contribution is 7.80. The molecule has 2 heterocycles. The molecule has 0 radical (unpaired) electrons. The number of fused-ring (bicyclic) bond motifs is 3. The Hall–Kier alpha value is -1.39. The number of para-hydroxylation sites is 1. The van der Waals surface area contributed by atoms with Crippen LogP contribution in [0.3, 0.4) is 0 Å².